The van der Waals surface area contributed by atoms with Gasteiger partial charge in [0.2, 0.25) is 0 Å². The molecule has 0 amide bonds. The van der Waals surface area contributed by atoms with Crippen molar-refractivity contribution in [2.75, 3.05) is 0 Å². The molecule has 0 aliphatic heterocycles. The van der Waals surface area contributed by atoms with E-state index in [1.165, 1.54) is 31.2 Å². The van der Waals surface area contributed by atoms with Crippen LogP contribution in [0.15, 0.2) is 24.3 Å². The zero-order valence-electron chi connectivity index (χ0n) is 18.6. The van der Waals surface area contributed by atoms with Crippen molar-refractivity contribution in [2.24, 2.45) is 11.8 Å². The first-order chi connectivity index (χ1) is 13.5. The molecule has 166 valence electrons. The molecule has 1 fully saturated rings. The molecule has 0 unspecified atom stereocenters. The van der Waals surface area contributed by atoms with Gasteiger partial charge >= 0.3 is 11.9 Å². The van der Waals surface area contributed by atoms with Crippen molar-refractivity contribution < 1.29 is 33.4 Å². The van der Waals surface area contributed by atoms with Crippen molar-refractivity contribution in [3.8, 4) is 0 Å². The predicted molar refractivity (Wildman–Crippen MR) is 108 cm³/mol. The Morgan fingerprint density at radius 3 is 1.93 bits per heavy atom. The normalized spacial score (nSPS) is 27.5. The summed E-state index contributed by atoms with van der Waals surface area (Å²) < 4.78 is 24.5. The highest BCUT2D eigenvalue weighted by Gasteiger charge is 2.57. The molecule has 0 saturated heterocycles. The molecular formula is C23H31FO6. The summed E-state index contributed by atoms with van der Waals surface area (Å²) in [6.45, 7) is 11.5. The van der Waals surface area contributed by atoms with E-state index < -0.39 is 64.5 Å². The molecule has 0 spiro atoms. The maximum absolute atomic E-state index is 13.5. The Hall–Kier alpha value is -2.28. The number of halogens is 1. The van der Waals surface area contributed by atoms with Crippen molar-refractivity contribution in [3.05, 3.63) is 35.6 Å². The molecule has 4 atom stereocenters. The molecule has 0 heterocycles. The van der Waals surface area contributed by atoms with E-state index in [1.54, 1.807) is 41.5 Å². The van der Waals surface area contributed by atoms with Gasteiger partial charge in [0.25, 0.3) is 0 Å². The summed E-state index contributed by atoms with van der Waals surface area (Å²) in [6.07, 6.45) is -0.404. The zero-order valence-corrected chi connectivity index (χ0v) is 18.6. The van der Waals surface area contributed by atoms with E-state index in [0.29, 0.717) is 5.56 Å². The molecule has 0 radical (unpaired) electrons. The fourth-order valence-electron chi connectivity index (χ4n) is 3.83. The Morgan fingerprint density at radius 1 is 1.00 bits per heavy atom. The Balaban J connectivity index is 2.62. The summed E-state index contributed by atoms with van der Waals surface area (Å²) in [7, 11) is 0. The number of esters is 2. The average Bonchev–Trinajstić information content (AvgIpc) is 2.50. The number of hydrogen-bond acceptors (Lipinski definition) is 6. The van der Waals surface area contributed by atoms with Gasteiger partial charge in [-0.15, -0.1) is 0 Å². The van der Waals surface area contributed by atoms with E-state index in [0.717, 1.165) is 0 Å². The third kappa shape index (κ3) is 5.65. The second kappa shape index (κ2) is 8.10. The number of carbonyl (C=O) groups excluding carboxylic acids is 3. The largest absolute Gasteiger partial charge is 0.460 e. The van der Waals surface area contributed by atoms with Crippen LogP contribution in [-0.2, 0) is 23.9 Å². The maximum atomic E-state index is 13.5. The topological polar surface area (TPSA) is 89.9 Å². The van der Waals surface area contributed by atoms with Crippen LogP contribution in [0.4, 0.5) is 4.39 Å². The number of ether oxygens (including phenoxy) is 2. The average molecular weight is 422 g/mol. The smallest absolute Gasteiger partial charge is 0.317 e. The van der Waals surface area contributed by atoms with Gasteiger partial charge in [-0.1, -0.05) is 12.1 Å². The second-order valence-corrected chi connectivity index (χ2v) is 10.1. The van der Waals surface area contributed by atoms with Crippen LogP contribution < -0.4 is 0 Å². The van der Waals surface area contributed by atoms with Crippen LogP contribution in [0, 0.1) is 17.7 Å². The van der Waals surface area contributed by atoms with E-state index in [-0.39, 0.29) is 0 Å². The third-order valence-corrected chi connectivity index (χ3v) is 4.84. The molecular weight excluding hydrogens is 391 g/mol. The first-order valence-corrected chi connectivity index (χ1v) is 9.98. The number of rotatable bonds is 3. The first-order valence-electron chi connectivity index (χ1n) is 9.98. The van der Waals surface area contributed by atoms with Gasteiger partial charge in [0.1, 0.15) is 22.9 Å². The monoisotopic (exact) mass is 422 g/mol. The SMILES string of the molecule is CC(C)(C)OC(=O)[C@H]1C(=O)C[C@](C)(O)[C@@H](C(=O)OC(C)(C)C)[C@@H]1c1ccc(F)cc1. The molecule has 0 bridgehead atoms. The minimum absolute atomic E-state index is 0.372. The Labute approximate surface area is 176 Å². The standard InChI is InChI=1S/C23H31FO6/c1-21(2,3)29-19(26)17-15(25)12-23(7,28)18(20(27)30-22(4,5)6)16(17)13-8-10-14(24)11-9-13/h8-11,16-18,28H,12H2,1-7H3/t16-,17+,18-,23+/m1/s1. The van der Waals surface area contributed by atoms with Crippen molar-refractivity contribution in [3.63, 3.8) is 0 Å². The fourth-order valence-corrected chi connectivity index (χ4v) is 3.83. The molecule has 1 aromatic rings. The summed E-state index contributed by atoms with van der Waals surface area (Å²) in [5.41, 5.74) is -3.08. The summed E-state index contributed by atoms with van der Waals surface area (Å²) in [6, 6.07) is 5.18. The molecule has 7 heteroatoms. The lowest BCUT2D eigenvalue weighted by Gasteiger charge is -2.44. The van der Waals surface area contributed by atoms with Crippen LogP contribution in [0.3, 0.4) is 0 Å². The predicted octanol–water partition coefficient (Wildman–Crippen LogP) is 3.55. The lowest BCUT2D eigenvalue weighted by Crippen LogP contribution is -2.56. The zero-order chi connectivity index (χ0) is 23.1. The summed E-state index contributed by atoms with van der Waals surface area (Å²) in [5, 5.41) is 11.0. The number of Topliss-reactive ketones (excluding diaryl/α,β-unsaturated/α-hetero) is 1. The van der Waals surface area contributed by atoms with Crippen molar-refractivity contribution in [1.29, 1.82) is 0 Å². The molecule has 30 heavy (non-hydrogen) atoms. The molecule has 1 aliphatic rings. The lowest BCUT2D eigenvalue weighted by atomic mass is 9.61. The van der Waals surface area contributed by atoms with Gasteiger partial charge in [-0.25, -0.2) is 4.39 Å². The lowest BCUT2D eigenvalue weighted by molar-refractivity contribution is -0.182. The van der Waals surface area contributed by atoms with E-state index in [4.69, 9.17) is 9.47 Å². The van der Waals surface area contributed by atoms with Crippen molar-refractivity contribution >= 4 is 17.7 Å². The Kier molecular flexibility index (Phi) is 6.48. The first kappa shape index (κ1) is 24.0. The third-order valence-electron chi connectivity index (χ3n) is 4.84. The van der Waals surface area contributed by atoms with Crippen LogP contribution in [-0.4, -0.2) is 39.6 Å². The molecule has 2 rings (SSSR count). The Morgan fingerprint density at radius 2 is 1.47 bits per heavy atom. The summed E-state index contributed by atoms with van der Waals surface area (Å²) >= 11 is 0. The highest BCUT2D eigenvalue weighted by Crippen LogP contribution is 2.47. The molecule has 0 aromatic heterocycles. The highest BCUT2D eigenvalue weighted by atomic mass is 19.1. The van der Waals surface area contributed by atoms with Gasteiger partial charge < -0.3 is 14.6 Å². The van der Waals surface area contributed by atoms with Crippen LogP contribution in [0.5, 0.6) is 0 Å². The van der Waals surface area contributed by atoms with Gasteiger partial charge in [-0.05, 0) is 66.2 Å². The molecule has 1 N–H and O–H groups in total. The number of aliphatic hydroxyl groups is 1. The summed E-state index contributed by atoms with van der Waals surface area (Å²) in [4.78, 5) is 39.1. The number of benzene rings is 1. The van der Waals surface area contributed by atoms with Crippen LogP contribution in [0.25, 0.3) is 0 Å². The van der Waals surface area contributed by atoms with Gasteiger partial charge in [0, 0.05) is 12.3 Å². The van der Waals surface area contributed by atoms with Crippen LogP contribution in [0.2, 0.25) is 0 Å². The van der Waals surface area contributed by atoms with Crippen LogP contribution in [0.1, 0.15) is 66.4 Å². The quantitative estimate of drug-likeness (QED) is 0.592. The van der Waals surface area contributed by atoms with Crippen molar-refractivity contribution in [1.82, 2.24) is 0 Å². The van der Waals surface area contributed by atoms with Gasteiger partial charge in [0.05, 0.1) is 11.5 Å². The summed E-state index contributed by atoms with van der Waals surface area (Å²) in [5.74, 6) is -6.18. The Bertz CT molecular complexity index is 814. The van der Waals surface area contributed by atoms with Gasteiger partial charge in [-0.3, -0.25) is 14.4 Å². The van der Waals surface area contributed by atoms with Crippen LogP contribution >= 0.6 is 0 Å². The van der Waals surface area contributed by atoms with E-state index in [9.17, 15) is 23.9 Å². The highest BCUT2D eigenvalue weighted by molar-refractivity contribution is 6.03. The van der Waals surface area contributed by atoms with E-state index in [2.05, 4.69) is 0 Å². The second-order valence-electron chi connectivity index (χ2n) is 10.1. The van der Waals surface area contributed by atoms with Gasteiger partial charge in [-0.2, -0.15) is 0 Å². The number of carbonyl (C=O) groups is 3. The van der Waals surface area contributed by atoms with E-state index >= 15 is 0 Å². The van der Waals surface area contributed by atoms with Crippen molar-refractivity contribution in [2.45, 2.75) is 77.6 Å². The fraction of sp³-hybridized carbons (Fsp3) is 0.609. The number of ketones is 1. The minimum atomic E-state index is -1.75. The van der Waals surface area contributed by atoms with Gasteiger partial charge in [0.15, 0.2) is 5.78 Å². The molecule has 1 aliphatic carbocycles. The molecule has 6 nitrogen and oxygen atoms in total. The number of hydrogen-bond donors (Lipinski definition) is 1. The minimum Gasteiger partial charge on any atom is -0.460 e. The molecule has 1 saturated carbocycles. The molecule has 1 aromatic carbocycles. The maximum Gasteiger partial charge on any atom is 0.317 e. The van der Waals surface area contributed by atoms with E-state index in [1.807, 2.05) is 0 Å².